The van der Waals surface area contributed by atoms with E-state index in [0.29, 0.717) is 0 Å². The van der Waals surface area contributed by atoms with Gasteiger partial charge in [0.1, 0.15) is 11.2 Å². The van der Waals surface area contributed by atoms with Crippen molar-refractivity contribution in [2.24, 2.45) is 0 Å². The fraction of sp³-hybridized carbons (Fsp3) is 0.115. The quantitative estimate of drug-likeness (QED) is 0.166. The van der Waals surface area contributed by atoms with Crippen molar-refractivity contribution in [3.8, 4) is 44.5 Å². The van der Waals surface area contributed by atoms with E-state index in [-0.39, 0.29) is 10.8 Å². The van der Waals surface area contributed by atoms with Crippen molar-refractivity contribution in [2.45, 2.75) is 38.5 Å². The van der Waals surface area contributed by atoms with Crippen molar-refractivity contribution in [1.29, 1.82) is 0 Å². The molecule has 1 heterocycles. The lowest BCUT2D eigenvalue weighted by Gasteiger charge is -2.21. The number of furan rings is 1. The molecular formula is C52H36O. The van der Waals surface area contributed by atoms with Crippen molar-refractivity contribution in [3.63, 3.8) is 0 Å². The molecule has 0 aliphatic heterocycles. The molecule has 0 saturated heterocycles. The summed E-state index contributed by atoms with van der Waals surface area (Å²) in [4.78, 5) is 0. The molecule has 12 rings (SSSR count). The van der Waals surface area contributed by atoms with Crippen LogP contribution in [0.2, 0.25) is 0 Å². The van der Waals surface area contributed by atoms with E-state index < -0.39 is 0 Å². The number of benzene rings is 9. The highest BCUT2D eigenvalue weighted by Crippen LogP contribution is 2.52. The van der Waals surface area contributed by atoms with Gasteiger partial charge in [-0.05, 0) is 129 Å². The first kappa shape index (κ1) is 29.4. The van der Waals surface area contributed by atoms with Gasteiger partial charge in [0.2, 0.25) is 0 Å². The summed E-state index contributed by atoms with van der Waals surface area (Å²) in [5.74, 6) is 0. The van der Waals surface area contributed by atoms with Crippen molar-refractivity contribution >= 4 is 54.3 Å². The average Bonchev–Trinajstić information content (AvgIpc) is 3.75. The Kier molecular flexibility index (Phi) is 5.45. The highest BCUT2D eigenvalue weighted by atomic mass is 16.3. The molecule has 0 bridgehead atoms. The van der Waals surface area contributed by atoms with Crippen molar-refractivity contribution in [2.75, 3.05) is 0 Å². The smallest absolute Gasteiger partial charge is 0.136 e. The maximum absolute atomic E-state index is 6.73. The van der Waals surface area contributed by atoms with Crippen molar-refractivity contribution in [1.82, 2.24) is 0 Å². The third kappa shape index (κ3) is 3.72. The molecule has 10 aromatic rings. The number of hydrogen-bond donors (Lipinski definition) is 0. The Balaban J connectivity index is 1.03. The fourth-order valence-corrected chi connectivity index (χ4v) is 10.4. The van der Waals surface area contributed by atoms with Gasteiger partial charge in [0.15, 0.2) is 0 Å². The summed E-state index contributed by atoms with van der Waals surface area (Å²) < 4.78 is 6.73. The van der Waals surface area contributed by atoms with E-state index in [9.17, 15) is 0 Å². The summed E-state index contributed by atoms with van der Waals surface area (Å²) in [6, 6.07) is 54.8. The Labute approximate surface area is 308 Å². The molecule has 53 heavy (non-hydrogen) atoms. The summed E-state index contributed by atoms with van der Waals surface area (Å²) in [7, 11) is 0. The third-order valence-electron chi connectivity index (χ3n) is 13.0. The van der Waals surface area contributed by atoms with Gasteiger partial charge >= 0.3 is 0 Å². The van der Waals surface area contributed by atoms with Crippen LogP contribution in [0.4, 0.5) is 0 Å². The lowest BCUT2D eigenvalue weighted by Crippen LogP contribution is -2.14. The van der Waals surface area contributed by atoms with Gasteiger partial charge in [0.25, 0.3) is 0 Å². The standard InChI is InChI=1S/C52H36O/c1-51(2)42-11-7-5-9-35(42)40-25-30(17-23-44(40)51)31-15-21-38-46(27-31)53-47-28-33-16-20-37-34(19-13-29-14-22-39(50(38)47)49(33)48(29)37)32-18-24-45-41(26-32)36-10-6-8-12-43(36)52(45,3)4/h5-28H,1-4H3. The Bertz CT molecular complexity index is 3220. The van der Waals surface area contributed by atoms with Crippen LogP contribution in [0.5, 0.6) is 0 Å². The minimum Gasteiger partial charge on any atom is -0.456 e. The van der Waals surface area contributed by atoms with Crippen LogP contribution in [0.3, 0.4) is 0 Å². The van der Waals surface area contributed by atoms with Gasteiger partial charge in [-0.2, -0.15) is 0 Å². The van der Waals surface area contributed by atoms with Crippen LogP contribution in [0.25, 0.3) is 98.8 Å². The van der Waals surface area contributed by atoms with Crippen LogP contribution in [0, 0.1) is 0 Å². The van der Waals surface area contributed by atoms with Crippen LogP contribution in [0.1, 0.15) is 49.9 Å². The molecule has 9 aromatic carbocycles. The van der Waals surface area contributed by atoms with Gasteiger partial charge in [0, 0.05) is 21.6 Å². The second kappa shape index (κ2) is 9.82. The summed E-state index contributed by atoms with van der Waals surface area (Å²) >= 11 is 0. The zero-order chi connectivity index (χ0) is 35.4. The molecule has 250 valence electrons. The average molecular weight is 677 g/mol. The molecule has 1 nitrogen and oxygen atoms in total. The molecule has 0 amide bonds. The second-order valence-corrected chi connectivity index (χ2v) is 16.5. The number of hydrogen-bond acceptors (Lipinski definition) is 1. The minimum absolute atomic E-state index is 0.000598. The van der Waals surface area contributed by atoms with Crippen LogP contribution >= 0.6 is 0 Å². The molecule has 0 N–H and O–H groups in total. The van der Waals surface area contributed by atoms with E-state index in [1.807, 2.05) is 0 Å². The van der Waals surface area contributed by atoms with Crippen molar-refractivity contribution < 1.29 is 4.42 Å². The first-order valence-electron chi connectivity index (χ1n) is 18.8. The minimum atomic E-state index is -0.00282. The fourth-order valence-electron chi connectivity index (χ4n) is 10.4. The Hall–Kier alpha value is -6.18. The summed E-state index contributed by atoms with van der Waals surface area (Å²) in [6.07, 6.45) is 0. The van der Waals surface area contributed by atoms with Crippen LogP contribution < -0.4 is 0 Å². The maximum Gasteiger partial charge on any atom is 0.136 e. The van der Waals surface area contributed by atoms with E-state index in [0.717, 1.165) is 16.6 Å². The largest absolute Gasteiger partial charge is 0.456 e. The molecule has 0 atom stereocenters. The van der Waals surface area contributed by atoms with Gasteiger partial charge in [-0.15, -0.1) is 0 Å². The first-order valence-corrected chi connectivity index (χ1v) is 18.8. The molecule has 2 aliphatic carbocycles. The molecule has 0 radical (unpaired) electrons. The lowest BCUT2D eigenvalue weighted by molar-refractivity contribution is 0.660. The molecule has 0 spiro atoms. The second-order valence-electron chi connectivity index (χ2n) is 16.5. The van der Waals surface area contributed by atoms with Gasteiger partial charge in [0.05, 0.1) is 0 Å². The number of rotatable bonds is 2. The summed E-state index contributed by atoms with van der Waals surface area (Å²) in [6.45, 7) is 9.37. The molecule has 1 heteroatoms. The SMILES string of the molecule is CC1(C)c2ccccc2-c2cc(-c3ccc4c(c3)oc3cc5ccc6c(-c7ccc8c(c7)-c7ccccc7C8(C)C)ccc7ccc(c34)c5c76)ccc21. The predicted octanol–water partition coefficient (Wildman–Crippen LogP) is 14.4. The first-order chi connectivity index (χ1) is 25.8. The molecule has 0 saturated carbocycles. The lowest BCUT2D eigenvalue weighted by atomic mass is 9.82. The van der Waals surface area contributed by atoms with E-state index in [1.54, 1.807) is 0 Å². The van der Waals surface area contributed by atoms with Gasteiger partial charge in [-0.1, -0.05) is 143 Å². The molecular weight excluding hydrogens is 641 g/mol. The zero-order valence-electron chi connectivity index (χ0n) is 30.3. The Morgan fingerprint density at radius 2 is 0.868 bits per heavy atom. The van der Waals surface area contributed by atoms with Crippen LogP contribution in [-0.2, 0) is 10.8 Å². The Morgan fingerprint density at radius 3 is 1.60 bits per heavy atom. The van der Waals surface area contributed by atoms with E-state index in [4.69, 9.17) is 4.42 Å². The van der Waals surface area contributed by atoms with Gasteiger partial charge in [-0.3, -0.25) is 0 Å². The number of fused-ring (bicyclic) bond motifs is 10. The topological polar surface area (TPSA) is 13.1 Å². The Morgan fingerprint density at radius 1 is 0.340 bits per heavy atom. The van der Waals surface area contributed by atoms with Gasteiger partial charge < -0.3 is 4.42 Å². The maximum atomic E-state index is 6.73. The van der Waals surface area contributed by atoms with E-state index in [2.05, 4.69) is 173 Å². The third-order valence-corrected chi connectivity index (χ3v) is 13.0. The zero-order valence-corrected chi connectivity index (χ0v) is 30.3. The van der Waals surface area contributed by atoms with Gasteiger partial charge in [-0.25, -0.2) is 0 Å². The highest BCUT2D eigenvalue weighted by molar-refractivity contribution is 6.33. The predicted molar refractivity (Wildman–Crippen MR) is 223 cm³/mol. The van der Waals surface area contributed by atoms with Crippen LogP contribution in [-0.4, -0.2) is 0 Å². The molecule has 2 aliphatic rings. The van der Waals surface area contributed by atoms with Crippen LogP contribution in [0.15, 0.2) is 150 Å². The summed E-state index contributed by atoms with van der Waals surface area (Å²) in [5.41, 5.74) is 17.8. The molecule has 0 unspecified atom stereocenters. The summed E-state index contributed by atoms with van der Waals surface area (Å²) in [5, 5.41) is 10.0. The highest BCUT2D eigenvalue weighted by Gasteiger charge is 2.36. The van der Waals surface area contributed by atoms with Crippen molar-refractivity contribution in [3.05, 3.63) is 168 Å². The normalized spacial score (nSPS) is 15.1. The van der Waals surface area contributed by atoms with E-state index >= 15 is 0 Å². The van der Waals surface area contributed by atoms with E-state index in [1.165, 1.54) is 104 Å². The molecule has 0 fully saturated rings. The monoisotopic (exact) mass is 676 g/mol. The molecule has 1 aromatic heterocycles.